The van der Waals surface area contributed by atoms with Gasteiger partial charge in [0.25, 0.3) is 0 Å². The van der Waals surface area contributed by atoms with Crippen LogP contribution in [-0.2, 0) is 4.74 Å². The molecule has 29 heavy (non-hydrogen) atoms. The van der Waals surface area contributed by atoms with Gasteiger partial charge in [-0.2, -0.15) is 4.98 Å². The lowest BCUT2D eigenvalue weighted by Gasteiger charge is -2.46. The monoisotopic (exact) mass is 421 g/mol. The molecule has 0 unspecified atom stereocenters. The third-order valence-corrected chi connectivity index (χ3v) is 5.95. The summed E-state index contributed by atoms with van der Waals surface area (Å²) in [4.78, 5) is 29.4. The number of halogens is 2. The van der Waals surface area contributed by atoms with E-state index in [0.717, 1.165) is 12.8 Å². The predicted octanol–water partition coefficient (Wildman–Crippen LogP) is 3.17. The van der Waals surface area contributed by atoms with Crippen LogP contribution in [0.5, 0.6) is 5.88 Å². The van der Waals surface area contributed by atoms with Crippen molar-refractivity contribution in [1.82, 2.24) is 19.9 Å². The first-order chi connectivity index (χ1) is 13.7. The van der Waals surface area contributed by atoms with Crippen molar-refractivity contribution in [3.05, 3.63) is 17.3 Å². The standard InChI is InChI=1S/C19H21ClFN5O3/c1-19(2,3)29-18(27)26-9-4-5-10(26)11-7-28-17-12-14(13(21)15(20)24-17)22-8-23-16(12)25(11)6-9/h8-11H,4-7H2,1-3H3/t9-,10+,11-/m1/s1. The van der Waals surface area contributed by atoms with Crippen LogP contribution in [0.2, 0.25) is 5.15 Å². The van der Waals surface area contributed by atoms with E-state index in [1.807, 2.05) is 25.7 Å². The van der Waals surface area contributed by atoms with Crippen LogP contribution in [0.1, 0.15) is 33.6 Å². The summed E-state index contributed by atoms with van der Waals surface area (Å²) in [6, 6.07) is -0.263. The zero-order chi connectivity index (χ0) is 20.5. The zero-order valence-electron chi connectivity index (χ0n) is 16.4. The number of rotatable bonds is 0. The molecule has 2 bridgehead atoms. The number of pyridine rings is 1. The van der Waals surface area contributed by atoms with Crippen molar-refractivity contribution in [2.75, 3.05) is 18.1 Å². The van der Waals surface area contributed by atoms with Crippen molar-refractivity contribution in [2.24, 2.45) is 0 Å². The number of piperazine rings is 1. The third-order valence-electron chi connectivity index (χ3n) is 5.70. The number of carbonyl (C=O) groups excluding carboxylic acids is 1. The van der Waals surface area contributed by atoms with E-state index in [9.17, 15) is 9.18 Å². The van der Waals surface area contributed by atoms with E-state index in [2.05, 4.69) is 19.9 Å². The second-order valence-corrected chi connectivity index (χ2v) is 9.02. The van der Waals surface area contributed by atoms with Crippen molar-refractivity contribution in [3.63, 3.8) is 0 Å². The van der Waals surface area contributed by atoms with Gasteiger partial charge in [0, 0.05) is 6.54 Å². The zero-order valence-corrected chi connectivity index (χ0v) is 17.1. The summed E-state index contributed by atoms with van der Waals surface area (Å²) in [5.41, 5.74) is -0.478. The van der Waals surface area contributed by atoms with Gasteiger partial charge in [-0.05, 0) is 33.6 Å². The summed E-state index contributed by atoms with van der Waals surface area (Å²) in [6.07, 6.45) is 2.71. The fourth-order valence-corrected chi connectivity index (χ4v) is 4.77. The SMILES string of the molecule is CC(C)(C)OC(=O)N1[C@@H]2CC[C@H]1[C@H]1COc3nc(Cl)c(F)c4ncnc(c34)N1C2. The van der Waals surface area contributed by atoms with Crippen LogP contribution < -0.4 is 9.64 Å². The molecule has 2 saturated heterocycles. The molecule has 3 atom stereocenters. The fraction of sp³-hybridized carbons (Fsp3) is 0.579. The molecule has 3 aliphatic heterocycles. The number of carbonyl (C=O) groups is 1. The van der Waals surface area contributed by atoms with Gasteiger partial charge in [0.1, 0.15) is 35.3 Å². The highest BCUT2D eigenvalue weighted by Crippen LogP contribution is 2.43. The van der Waals surface area contributed by atoms with E-state index in [-0.39, 0.29) is 47.4 Å². The largest absolute Gasteiger partial charge is 0.475 e. The molecule has 0 radical (unpaired) electrons. The highest BCUT2D eigenvalue weighted by molar-refractivity contribution is 6.30. The summed E-state index contributed by atoms with van der Waals surface area (Å²) in [5.74, 6) is 0.0962. The normalized spacial score (nSPS) is 25.5. The van der Waals surface area contributed by atoms with Gasteiger partial charge in [0.2, 0.25) is 5.88 Å². The number of ether oxygens (including phenoxy) is 2. The highest BCUT2D eigenvalue weighted by Gasteiger charge is 2.51. The minimum Gasteiger partial charge on any atom is -0.475 e. The third kappa shape index (κ3) is 2.86. The molecule has 3 aliphatic rings. The maximum absolute atomic E-state index is 14.5. The fourth-order valence-electron chi connectivity index (χ4n) is 4.60. The number of nitrogens with zero attached hydrogens (tertiary/aromatic N) is 5. The van der Waals surface area contributed by atoms with Crippen LogP contribution in [0.15, 0.2) is 6.33 Å². The number of anilines is 1. The molecule has 0 saturated carbocycles. The number of hydrogen-bond donors (Lipinski definition) is 0. The average molecular weight is 422 g/mol. The Hall–Kier alpha value is -2.42. The molecule has 0 aromatic carbocycles. The minimum absolute atomic E-state index is 0.0113. The Balaban J connectivity index is 1.56. The summed E-state index contributed by atoms with van der Waals surface area (Å²) < 4.78 is 26.1. The van der Waals surface area contributed by atoms with Crippen LogP contribution in [0.4, 0.5) is 15.0 Å². The first kappa shape index (κ1) is 18.6. The maximum Gasteiger partial charge on any atom is 0.410 e. The van der Waals surface area contributed by atoms with Crippen LogP contribution in [0.25, 0.3) is 10.9 Å². The van der Waals surface area contributed by atoms with E-state index >= 15 is 0 Å². The number of aromatic nitrogens is 3. The van der Waals surface area contributed by atoms with Gasteiger partial charge in [0.15, 0.2) is 11.0 Å². The molecule has 5 rings (SSSR count). The van der Waals surface area contributed by atoms with Crippen LogP contribution in [0, 0.1) is 5.82 Å². The number of amides is 1. The molecule has 10 heteroatoms. The molecule has 8 nitrogen and oxygen atoms in total. The Morgan fingerprint density at radius 1 is 1.31 bits per heavy atom. The van der Waals surface area contributed by atoms with E-state index < -0.39 is 11.4 Å². The summed E-state index contributed by atoms with van der Waals surface area (Å²) in [7, 11) is 0. The van der Waals surface area contributed by atoms with Gasteiger partial charge in [-0.25, -0.2) is 19.2 Å². The van der Waals surface area contributed by atoms with Gasteiger partial charge in [-0.3, -0.25) is 4.90 Å². The molecule has 2 aromatic heterocycles. The Morgan fingerprint density at radius 2 is 2.10 bits per heavy atom. The molecule has 154 valence electrons. The van der Waals surface area contributed by atoms with Gasteiger partial charge in [0.05, 0.1) is 18.1 Å². The first-order valence-corrected chi connectivity index (χ1v) is 10.0. The van der Waals surface area contributed by atoms with E-state index in [0.29, 0.717) is 17.7 Å². The lowest BCUT2D eigenvalue weighted by atomic mass is 10.0. The molecule has 5 heterocycles. The molecule has 2 aromatic rings. The van der Waals surface area contributed by atoms with E-state index in [1.165, 1.54) is 6.33 Å². The van der Waals surface area contributed by atoms with Gasteiger partial charge >= 0.3 is 6.09 Å². The van der Waals surface area contributed by atoms with E-state index in [1.54, 1.807) is 0 Å². The summed E-state index contributed by atoms with van der Waals surface area (Å²) in [6.45, 7) is 6.40. The highest BCUT2D eigenvalue weighted by atomic mass is 35.5. The quantitative estimate of drug-likeness (QED) is 0.604. The maximum atomic E-state index is 14.5. The molecule has 0 aliphatic carbocycles. The summed E-state index contributed by atoms with van der Waals surface area (Å²) in [5, 5.41) is 0.135. The van der Waals surface area contributed by atoms with E-state index in [4.69, 9.17) is 21.1 Å². The molecule has 0 spiro atoms. The molecule has 2 fully saturated rings. The Labute approximate surface area is 172 Å². The first-order valence-electron chi connectivity index (χ1n) is 9.65. The van der Waals surface area contributed by atoms with Crippen LogP contribution in [-0.4, -0.2) is 62.8 Å². The van der Waals surface area contributed by atoms with Crippen LogP contribution >= 0.6 is 11.6 Å². The predicted molar refractivity (Wildman–Crippen MR) is 104 cm³/mol. The Bertz CT molecular complexity index is 1010. The van der Waals surface area contributed by atoms with Crippen molar-refractivity contribution in [1.29, 1.82) is 0 Å². The van der Waals surface area contributed by atoms with Crippen molar-refractivity contribution >= 4 is 34.4 Å². The van der Waals surface area contributed by atoms with Crippen molar-refractivity contribution in [3.8, 4) is 5.88 Å². The average Bonchev–Trinajstić information content (AvgIpc) is 2.88. The molecular formula is C19H21ClFN5O3. The molecule has 0 N–H and O–H groups in total. The second kappa shape index (κ2) is 6.29. The minimum atomic E-state index is -0.688. The summed E-state index contributed by atoms with van der Waals surface area (Å²) >= 11 is 5.93. The lowest BCUT2D eigenvalue weighted by molar-refractivity contribution is 0.00540. The van der Waals surface area contributed by atoms with Gasteiger partial charge in [-0.1, -0.05) is 11.6 Å². The number of fused-ring (bicyclic) bond motifs is 5. The number of hydrogen-bond acceptors (Lipinski definition) is 7. The topological polar surface area (TPSA) is 80.7 Å². The molecule has 1 amide bonds. The molecular weight excluding hydrogens is 401 g/mol. The van der Waals surface area contributed by atoms with Gasteiger partial charge in [-0.15, -0.1) is 0 Å². The second-order valence-electron chi connectivity index (χ2n) is 8.66. The van der Waals surface area contributed by atoms with Crippen molar-refractivity contribution < 1.29 is 18.7 Å². The Kier molecular flexibility index (Phi) is 4.03. The smallest absolute Gasteiger partial charge is 0.410 e. The Morgan fingerprint density at radius 3 is 2.86 bits per heavy atom. The van der Waals surface area contributed by atoms with Crippen LogP contribution in [0.3, 0.4) is 0 Å². The van der Waals surface area contributed by atoms with Crippen molar-refractivity contribution in [2.45, 2.75) is 57.3 Å². The van der Waals surface area contributed by atoms with Gasteiger partial charge < -0.3 is 14.4 Å². The lowest BCUT2D eigenvalue weighted by Crippen LogP contribution is -2.63.